The minimum absolute atomic E-state index is 0.477. The van der Waals surface area contributed by atoms with Crippen molar-refractivity contribution in [1.82, 2.24) is 15.1 Å². The first-order valence-corrected chi connectivity index (χ1v) is 8.73. The maximum atomic E-state index is 9.00. The number of aryl methyl sites for hydroxylation is 1. The second kappa shape index (κ2) is 8.72. The summed E-state index contributed by atoms with van der Waals surface area (Å²) in [6, 6.07) is 9.26. The highest BCUT2D eigenvalue weighted by Crippen LogP contribution is 2.29. The molecule has 1 fully saturated rings. The van der Waals surface area contributed by atoms with Crippen LogP contribution in [0.4, 0.5) is 0 Å². The van der Waals surface area contributed by atoms with Crippen molar-refractivity contribution in [3.05, 3.63) is 47.2 Å². The lowest BCUT2D eigenvalue weighted by Crippen LogP contribution is -2.23. The Morgan fingerprint density at radius 3 is 2.52 bits per heavy atom. The van der Waals surface area contributed by atoms with Crippen LogP contribution >= 0.6 is 0 Å². The summed E-state index contributed by atoms with van der Waals surface area (Å²) in [6.45, 7) is 10.0. The Morgan fingerprint density at radius 2 is 1.88 bits per heavy atom. The van der Waals surface area contributed by atoms with Crippen molar-refractivity contribution in [2.24, 2.45) is 0 Å². The van der Waals surface area contributed by atoms with Gasteiger partial charge in [-0.3, -0.25) is 9.69 Å². The highest BCUT2D eigenvalue weighted by molar-refractivity contribution is 5.64. The summed E-state index contributed by atoms with van der Waals surface area (Å²) in [5.74, 6) is -0.833. The second-order valence-electron chi connectivity index (χ2n) is 6.56. The standard InChI is InChI=1S/C18H23N3.C2H4O2/c1-13-12-19-20-18(14(13)2)17-8-6-7-16(11-17)15(3)21-9-4-5-10-21;1-2(3)4/h6-8,11-12,15H,4-5,9-10H2,1-3H3;1H3,(H,3,4). The van der Waals surface area contributed by atoms with Crippen molar-refractivity contribution < 1.29 is 9.90 Å². The molecule has 2 aromatic rings. The molecule has 1 aromatic carbocycles. The van der Waals surface area contributed by atoms with E-state index < -0.39 is 5.97 Å². The summed E-state index contributed by atoms with van der Waals surface area (Å²) in [5, 5.41) is 15.9. The Balaban J connectivity index is 0.000000511. The molecule has 25 heavy (non-hydrogen) atoms. The Hall–Kier alpha value is -2.27. The van der Waals surface area contributed by atoms with Gasteiger partial charge in [0.1, 0.15) is 0 Å². The molecule has 1 unspecified atom stereocenters. The molecular formula is C20H27N3O2. The van der Waals surface area contributed by atoms with Crippen LogP contribution in [0.3, 0.4) is 0 Å². The molecule has 1 aliphatic heterocycles. The predicted octanol–water partition coefficient (Wildman–Crippen LogP) is 4.01. The van der Waals surface area contributed by atoms with Gasteiger partial charge in [-0.2, -0.15) is 10.2 Å². The summed E-state index contributed by atoms with van der Waals surface area (Å²) < 4.78 is 0. The van der Waals surface area contributed by atoms with Crippen LogP contribution < -0.4 is 0 Å². The van der Waals surface area contributed by atoms with E-state index in [1.165, 1.54) is 48.2 Å². The lowest BCUT2D eigenvalue weighted by Gasteiger charge is -2.24. The van der Waals surface area contributed by atoms with Gasteiger partial charge in [0, 0.05) is 18.5 Å². The molecule has 1 N–H and O–H groups in total. The monoisotopic (exact) mass is 341 g/mol. The number of aromatic nitrogens is 2. The van der Waals surface area contributed by atoms with Gasteiger partial charge in [-0.25, -0.2) is 0 Å². The molecule has 0 amide bonds. The molecular weight excluding hydrogens is 314 g/mol. The van der Waals surface area contributed by atoms with Crippen LogP contribution in [0.5, 0.6) is 0 Å². The molecule has 0 radical (unpaired) electrons. The number of hydrogen-bond acceptors (Lipinski definition) is 4. The van der Waals surface area contributed by atoms with Gasteiger partial charge < -0.3 is 5.11 Å². The molecule has 3 rings (SSSR count). The maximum Gasteiger partial charge on any atom is 0.300 e. The third-order valence-corrected chi connectivity index (χ3v) is 4.69. The minimum atomic E-state index is -0.833. The largest absolute Gasteiger partial charge is 0.481 e. The molecule has 1 aliphatic rings. The summed E-state index contributed by atoms with van der Waals surface area (Å²) in [6.07, 6.45) is 4.48. The van der Waals surface area contributed by atoms with Gasteiger partial charge in [0.25, 0.3) is 5.97 Å². The Labute approximate surface area is 149 Å². The molecule has 1 aromatic heterocycles. The first kappa shape index (κ1) is 19.1. The van der Waals surface area contributed by atoms with Gasteiger partial charge >= 0.3 is 0 Å². The quantitative estimate of drug-likeness (QED) is 0.914. The van der Waals surface area contributed by atoms with E-state index in [2.05, 4.69) is 60.1 Å². The fraction of sp³-hybridized carbons (Fsp3) is 0.450. The van der Waals surface area contributed by atoms with Crippen molar-refractivity contribution in [1.29, 1.82) is 0 Å². The van der Waals surface area contributed by atoms with Crippen molar-refractivity contribution >= 4 is 5.97 Å². The summed E-state index contributed by atoms with van der Waals surface area (Å²) in [7, 11) is 0. The molecule has 5 nitrogen and oxygen atoms in total. The molecule has 0 saturated carbocycles. The van der Waals surface area contributed by atoms with E-state index in [9.17, 15) is 0 Å². The summed E-state index contributed by atoms with van der Waals surface area (Å²) in [5.41, 5.74) is 5.96. The molecule has 0 bridgehead atoms. The van der Waals surface area contributed by atoms with E-state index in [0.717, 1.165) is 12.6 Å². The normalized spacial score (nSPS) is 15.4. The number of carbonyl (C=O) groups is 1. The van der Waals surface area contributed by atoms with Crippen LogP contribution in [0.25, 0.3) is 11.3 Å². The van der Waals surface area contributed by atoms with Crippen LogP contribution in [0.1, 0.15) is 49.4 Å². The van der Waals surface area contributed by atoms with E-state index in [4.69, 9.17) is 9.90 Å². The number of rotatable bonds is 3. The topological polar surface area (TPSA) is 66.3 Å². The van der Waals surface area contributed by atoms with Gasteiger partial charge in [0.05, 0.1) is 11.9 Å². The molecule has 1 atom stereocenters. The lowest BCUT2D eigenvalue weighted by atomic mass is 9.99. The molecule has 0 aliphatic carbocycles. The van der Waals surface area contributed by atoms with Crippen LogP contribution in [0.15, 0.2) is 30.5 Å². The van der Waals surface area contributed by atoms with Crippen molar-refractivity contribution in [2.75, 3.05) is 13.1 Å². The third-order valence-electron chi connectivity index (χ3n) is 4.69. The zero-order valence-corrected chi connectivity index (χ0v) is 15.5. The first-order valence-electron chi connectivity index (χ1n) is 8.73. The maximum absolute atomic E-state index is 9.00. The van der Waals surface area contributed by atoms with E-state index in [0.29, 0.717) is 6.04 Å². The number of nitrogens with zero attached hydrogens (tertiary/aromatic N) is 3. The lowest BCUT2D eigenvalue weighted by molar-refractivity contribution is -0.134. The van der Waals surface area contributed by atoms with Crippen molar-refractivity contribution in [2.45, 2.75) is 46.6 Å². The number of benzene rings is 1. The molecule has 0 spiro atoms. The third kappa shape index (κ3) is 5.10. The second-order valence-corrected chi connectivity index (χ2v) is 6.56. The number of aliphatic carboxylic acids is 1. The highest BCUT2D eigenvalue weighted by atomic mass is 16.4. The summed E-state index contributed by atoms with van der Waals surface area (Å²) in [4.78, 5) is 11.6. The SMILES string of the molecule is CC(=O)O.Cc1cnnc(-c2cccc(C(C)N3CCCC3)c2)c1C. The average Bonchev–Trinajstić information content (AvgIpc) is 3.11. The first-order chi connectivity index (χ1) is 11.9. The Kier molecular flexibility index (Phi) is 6.65. The van der Waals surface area contributed by atoms with E-state index in [-0.39, 0.29) is 0 Å². The fourth-order valence-corrected chi connectivity index (χ4v) is 3.09. The van der Waals surface area contributed by atoms with Crippen molar-refractivity contribution in [3.8, 4) is 11.3 Å². The molecule has 5 heteroatoms. The van der Waals surface area contributed by atoms with Gasteiger partial charge in [-0.1, -0.05) is 18.2 Å². The van der Waals surface area contributed by atoms with Crippen LogP contribution in [0, 0.1) is 13.8 Å². The minimum Gasteiger partial charge on any atom is -0.481 e. The molecule has 2 heterocycles. The van der Waals surface area contributed by atoms with Crippen LogP contribution in [0.2, 0.25) is 0 Å². The summed E-state index contributed by atoms with van der Waals surface area (Å²) >= 11 is 0. The number of likely N-dealkylation sites (tertiary alicyclic amines) is 1. The van der Waals surface area contributed by atoms with Crippen LogP contribution in [-0.4, -0.2) is 39.3 Å². The molecule has 1 saturated heterocycles. The van der Waals surface area contributed by atoms with Gasteiger partial charge in [-0.05, 0) is 69.5 Å². The van der Waals surface area contributed by atoms with Gasteiger partial charge in [-0.15, -0.1) is 0 Å². The van der Waals surface area contributed by atoms with Gasteiger partial charge in [0.15, 0.2) is 0 Å². The van der Waals surface area contributed by atoms with Crippen molar-refractivity contribution in [3.63, 3.8) is 0 Å². The number of hydrogen-bond donors (Lipinski definition) is 1. The Morgan fingerprint density at radius 1 is 1.24 bits per heavy atom. The number of carboxylic acid groups (broad SMARTS) is 1. The predicted molar refractivity (Wildman–Crippen MR) is 99.5 cm³/mol. The fourth-order valence-electron chi connectivity index (χ4n) is 3.09. The Bertz CT molecular complexity index is 721. The van der Waals surface area contributed by atoms with E-state index in [1.54, 1.807) is 0 Å². The van der Waals surface area contributed by atoms with Gasteiger partial charge in [0.2, 0.25) is 0 Å². The van der Waals surface area contributed by atoms with E-state index >= 15 is 0 Å². The smallest absolute Gasteiger partial charge is 0.300 e. The molecule has 134 valence electrons. The zero-order chi connectivity index (χ0) is 18.4. The average molecular weight is 341 g/mol. The number of carboxylic acids is 1. The van der Waals surface area contributed by atoms with E-state index in [1.807, 2.05) is 6.20 Å². The highest BCUT2D eigenvalue weighted by Gasteiger charge is 2.20. The van der Waals surface area contributed by atoms with Crippen LogP contribution in [-0.2, 0) is 4.79 Å². The zero-order valence-electron chi connectivity index (χ0n) is 15.5.